The van der Waals surface area contributed by atoms with Crippen molar-refractivity contribution >= 4 is 33.1 Å². The fourth-order valence-corrected chi connectivity index (χ4v) is 4.39. The first-order valence-electron chi connectivity index (χ1n) is 9.95. The van der Waals surface area contributed by atoms with Gasteiger partial charge in [0.2, 0.25) is 5.91 Å². The number of benzene rings is 2. The molecule has 6 nitrogen and oxygen atoms in total. The van der Waals surface area contributed by atoms with Crippen LogP contribution in [0.25, 0.3) is 10.2 Å². The van der Waals surface area contributed by atoms with Gasteiger partial charge in [-0.2, -0.15) is 0 Å². The Labute approximate surface area is 183 Å². The van der Waals surface area contributed by atoms with Crippen molar-refractivity contribution in [1.29, 1.82) is 0 Å². The molecule has 31 heavy (non-hydrogen) atoms. The number of likely N-dealkylation sites (N-methyl/N-ethyl adjacent to an activating group) is 1. The highest BCUT2D eigenvalue weighted by Crippen LogP contribution is 2.17. The van der Waals surface area contributed by atoms with Crippen LogP contribution in [0.1, 0.15) is 16.7 Å². The van der Waals surface area contributed by atoms with E-state index in [1.807, 2.05) is 62.4 Å². The molecule has 0 N–H and O–H groups in total. The van der Waals surface area contributed by atoms with Crippen molar-refractivity contribution in [1.82, 2.24) is 9.13 Å². The Hall–Kier alpha value is -3.45. The Morgan fingerprint density at radius 1 is 0.968 bits per heavy atom. The molecule has 0 aliphatic carbocycles. The minimum Gasteiger partial charge on any atom is -0.314 e. The van der Waals surface area contributed by atoms with Crippen LogP contribution < -0.4 is 16.1 Å². The Bertz CT molecular complexity index is 1380. The first-order valence-corrected chi connectivity index (χ1v) is 10.8. The van der Waals surface area contributed by atoms with Crippen LogP contribution in [-0.4, -0.2) is 22.1 Å². The topological polar surface area (TPSA) is 64.3 Å². The standard InChI is InChI=1S/C24H23N3O3S/c1-16-9-10-18(13-17(16)2)14-27-23(29)22-20(11-12-31-22)26(24(27)30)15-21(28)25(3)19-7-5-4-6-8-19/h4-13H,14-15H2,1-3H3. The fraction of sp³-hybridized carbons (Fsp3) is 0.208. The van der Waals surface area contributed by atoms with E-state index in [-0.39, 0.29) is 24.6 Å². The van der Waals surface area contributed by atoms with Gasteiger partial charge in [0.15, 0.2) is 0 Å². The number of hydrogen-bond acceptors (Lipinski definition) is 4. The third kappa shape index (κ3) is 3.96. The Morgan fingerprint density at radius 3 is 2.42 bits per heavy atom. The van der Waals surface area contributed by atoms with E-state index in [4.69, 9.17) is 0 Å². The van der Waals surface area contributed by atoms with Crippen LogP contribution in [0.15, 0.2) is 69.6 Å². The number of para-hydroxylation sites is 1. The largest absolute Gasteiger partial charge is 0.332 e. The number of nitrogens with zero attached hydrogens (tertiary/aromatic N) is 3. The molecule has 0 unspecified atom stereocenters. The van der Waals surface area contributed by atoms with Crippen molar-refractivity contribution in [3.63, 3.8) is 0 Å². The second-order valence-corrected chi connectivity index (χ2v) is 8.52. The summed E-state index contributed by atoms with van der Waals surface area (Å²) in [5, 5.41) is 1.77. The van der Waals surface area contributed by atoms with E-state index in [1.165, 1.54) is 25.4 Å². The molecule has 0 saturated carbocycles. The van der Waals surface area contributed by atoms with Crippen LogP contribution in [0.4, 0.5) is 5.69 Å². The monoisotopic (exact) mass is 433 g/mol. The zero-order valence-corrected chi connectivity index (χ0v) is 18.5. The third-order valence-corrected chi connectivity index (χ3v) is 6.45. The zero-order chi connectivity index (χ0) is 22.1. The number of carbonyl (C=O) groups excluding carboxylic acids is 1. The number of carbonyl (C=O) groups is 1. The van der Waals surface area contributed by atoms with Crippen LogP contribution in [0, 0.1) is 13.8 Å². The van der Waals surface area contributed by atoms with Gasteiger partial charge in [-0.25, -0.2) is 4.79 Å². The molecule has 4 rings (SSSR count). The van der Waals surface area contributed by atoms with Gasteiger partial charge in [-0.3, -0.25) is 18.7 Å². The van der Waals surface area contributed by atoms with Gasteiger partial charge in [0.05, 0.1) is 12.1 Å². The molecule has 4 aromatic rings. The van der Waals surface area contributed by atoms with Crippen molar-refractivity contribution in [3.05, 3.63) is 97.5 Å². The number of aryl methyl sites for hydroxylation is 2. The van der Waals surface area contributed by atoms with Crippen LogP contribution in [0.3, 0.4) is 0 Å². The average molecular weight is 434 g/mol. The normalized spacial score (nSPS) is 11.1. The number of hydrogen-bond donors (Lipinski definition) is 0. The molecule has 0 fully saturated rings. The summed E-state index contributed by atoms with van der Waals surface area (Å²) in [6.07, 6.45) is 0. The molecule has 0 spiro atoms. The fourth-order valence-electron chi connectivity index (χ4n) is 3.55. The maximum absolute atomic E-state index is 13.3. The molecule has 0 atom stereocenters. The van der Waals surface area contributed by atoms with Gasteiger partial charge < -0.3 is 4.90 Å². The molecule has 1 amide bonds. The van der Waals surface area contributed by atoms with Gasteiger partial charge in [0.1, 0.15) is 11.2 Å². The number of anilines is 1. The summed E-state index contributed by atoms with van der Waals surface area (Å²) in [4.78, 5) is 40.8. The molecule has 0 bridgehead atoms. The van der Waals surface area contributed by atoms with Gasteiger partial charge in [-0.15, -0.1) is 11.3 Å². The highest BCUT2D eigenvalue weighted by molar-refractivity contribution is 7.17. The Kier molecular flexibility index (Phi) is 5.61. The molecule has 0 saturated heterocycles. The molecule has 7 heteroatoms. The summed E-state index contributed by atoms with van der Waals surface area (Å²) in [5.74, 6) is -0.239. The van der Waals surface area contributed by atoms with E-state index in [1.54, 1.807) is 18.5 Å². The molecular formula is C24H23N3O3S. The van der Waals surface area contributed by atoms with Gasteiger partial charge in [-0.05, 0) is 54.1 Å². The maximum Gasteiger partial charge on any atom is 0.332 e. The summed E-state index contributed by atoms with van der Waals surface area (Å²) < 4.78 is 3.09. The van der Waals surface area contributed by atoms with Crippen LogP contribution >= 0.6 is 11.3 Å². The molecule has 2 heterocycles. The lowest BCUT2D eigenvalue weighted by molar-refractivity contribution is -0.118. The highest BCUT2D eigenvalue weighted by Gasteiger charge is 2.19. The second kappa shape index (κ2) is 8.35. The van der Waals surface area contributed by atoms with E-state index in [2.05, 4.69) is 0 Å². The smallest absolute Gasteiger partial charge is 0.314 e. The summed E-state index contributed by atoms with van der Waals surface area (Å²) in [6, 6.07) is 16.9. The summed E-state index contributed by atoms with van der Waals surface area (Å²) >= 11 is 1.28. The summed E-state index contributed by atoms with van der Waals surface area (Å²) in [7, 11) is 1.68. The molecule has 2 aromatic heterocycles. The molecule has 0 aliphatic heterocycles. The highest BCUT2D eigenvalue weighted by atomic mass is 32.1. The molecule has 158 valence electrons. The van der Waals surface area contributed by atoms with Gasteiger partial charge in [0, 0.05) is 12.7 Å². The lowest BCUT2D eigenvalue weighted by atomic mass is 10.1. The summed E-state index contributed by atoms with van der Waals surface area (Å²) in [5.41, 5.74) is 3.55. The van der Waals surface area contributed by atoms with Crippen LogP contribution in [0.2, 0.25) is 0 Å². The molecular weight excluding hydrogens is 410 g/mol. The van der Waals surface area contributed by atoms with E-state index in [0.717, 1.165) is 22.4 Å². The summed E-state index contributed by atoms with van der Waals surface area (Å²) in [6.45, 7) is 4.03. The van der Waals surface area contributed by atoms with Crippen LogP contribution in [-0.2, 0) is 17.9 Å². The molecule has 0 aliphatic rings. The van der Waals surface area contributed by atoms with Crippen molar-refractivity contribution in [2.45, 2.75) is 26.9 Å². The van der Waals surface area contributed by atoms with E-state index < -0.39 is 5.69 Å². The Balaban J connectivity index is 1.76. The first kappa shape index (κ1) is 20.8. The van der Waals surface area contributed by atoms with Crippen molar-refractivity contribution in [2.24, 2.45) is 0 Å². The number of fused-ring (bicyclic) bond motifs is 1. The number of thiophene rings is 1. The zero-order valence-electron chi connectivity index (χ0n) is 17.7. The van der Waals surface area contributed by atoms with E-state index >= 15 is 0 Å². The molecule has 2 aromatic carbocycles. The predicted octanol–water partition coefficient (Wildman–Crippen LogP) is 3.55. The van der Waals surface area contributed by atoms with Crippen molar-refractivity contribution in [2.75, 3.05) is 11.9 Å². The average Bonchev–Trinajstić information content (AvgIpc) is 3.26. The second-order valence-electron chi connectivity index (χ2n) is 7.60. The van der Waals surface area contributed by atoms with Crippen LogP contribution in [0.5, 0.6) is 0 Å². The van der Waals surface area contributed by atoms with Crippen molar-refractivity contribution in [3.8, 4) is 0 Å². The van der Waals surface area contributed by atoms with Gasteiger partial charge in [-0.1, -0.05) is 36.4 Å². The van der Waals surface area contributed by atoms with Gasteiger partial charge in [0.25, 0.3) is 5.56 Å². The lowest BCUT2D eigenvalue weighted by Gasteiger charge is -2.19. The van der Waals surface area contributed by atoms with Crippen molar-refractivity contribution < 1.29 is 4.79 Å². The van der Waals surface area contributed by atoms with Gasteiger partial charge >= 0.3 is 5.69 Å². The number of aromatic nitrogens is 2. The first-order chi connectivity index (χ1) is 14.9. The Morgan fingerprint density at radius 2 is 1.71 bits per heavy atom. The minimum absolute atomic E-state index is 0.148. The number of rotatable bonds is 5. The lowest BCUT2D eigenvalue weighted by Crippen LogP contribution is -2.42. The minimum atomic E-state index is -0.482. The van der Waals surface area contributed by atoms with E-state index in [0.29, 0.717) is 10.2 Å². The molecule has 0 radical (unpaired) electrons. The van der Waals surface area contributed by atoms with E-state index in [9.17, 15) is 14.4 Å². The quantitative estimate of drug-likeness (QED) is 0.484. The maximum atomic E-state index is 13.3. The SMILES string of the molecule is Cc1ccc(Cn2c(=O)c3sccc3n(CC(=O)N(C)c3ccccc3)c2=O)cc1C. The predicted molar refractivity (Wildman–Crippen MR) is 125 cm³/mol. The third-order valence-electron chi connectivity index (χ3n) is 5.56. The number of amides is 1.